The van der Waals surface area contributed by atoms with Crippen LogP contribution in [0.1, 0.15) is 68.4 Å². The maximum absolute atomic E-state index is 10.9. The number of rotatable bonds is 10. The Hall–Kier alpha value is -1.59. The van der Waals surface area contributed by atoms with Crippen LogP contribution < -0.4 is 4.74 Å². The summed E-state index contributed by atoms with van der Waals surface area (Å²) in [6, 6.07) is 5.67. The average Bonchev–Trinajstić information content (AvgIpc) is 2.99. The normalized spacial score (nSPS) is 30.8. The van der Waals surface area contributed by atoms with E-state index in [2.05, 4.69) is 0 Å². The molecule has 0 bridgehead atoms. The smallest absolute Gasteiger partial charge is 0.341 e. The SMILES string of the molecule is [2H]C([2H])([2H])CCCC[C@]([2H])(O)CC[C@@H]1[C@H]2Cc3cccc(OCC(=O)O)c3C[C@H]2C[C@H]1O. The lowest BCUT2D eigenvalue weighted by Crippen LogP contribution is -2.28. The molecule has 0 heterocycles. The Morgan fingerprint density at radius 3 is 3.00 bits per heavy atom. The minimum Gasteiger partial charge on any atom is -0.482 e. The lowest BCUT2D eigenvalue weighted by Gasteiger charge is -2.32. The van der Waals surface area contributed by atoms with Gasteiger partial charge < -0.3 is 20.1 Å². The van der Waals surface area contributed by atoms with Gasteiger partial charge >= 0.3 is 5.97 Å². The highest BCUT2D eigenvalue weighted by Crippen LogP contribution is 2.48. The summed E-state index contributed by atoms with van der Waals surface area (Å²) >= 11 is 0. The average molecular weight is 395 g/mol. The van der Waals surface area contributed by atoms with Gasteiger partial charge in [-0.1, -0.05) is 38.2 Å². The van der Waals surface area contributed by atoms with E-state index in [0.29, 0.717) is 31.4 Å². The van der Waals surface area contributed by atoms with Gasteiger partial charge in [0.2, 0.25) is 0 Å². The lowest BCUT2D eigenvalue weighted by atomic mass is 9.73. The van der Waals surface area contributed by atoms with Crippen molar-refractivity contribution < 1.29 is 30.3 Å². The molecule has 1 fully saturated rings. The van der Waals surface area contributed by atoms with Crippen molar-refractivity contribution >= 4 is 5.97 Å². The molecule has 5 heteroatoms. The first kappa shape index (κ1) is 16.2. The Labute approximate surface area is 173 Å². The number of carboxylic acids is 1. The molecule has 0 saturated heterocycles. The molecule has 0 aromatic heterocycles. The molecule has 1 saturated carbocycles. The van der Waals surface area contributed by atoms with E-state index in [-0.39, 0.29) is 43.6 Å². The molecule has 0 aliphatic heterocycles. The number of hydrogen-bond donors (Lipinski definition) is 3. The number of hydrogen-bond acceptors (Lipinski definition) is 4. The number of aliphatic hydroxyl groups excluding tert-OH is 1. The van der Waals surface area contributed by atoms with Gasteiger partial charge in [-0.05, 0) is 73.5 Å². The third-order valence-electron chi connectivity index (χ3n) is 6.36. The number of ether oxygens (including phenoxy) is 1. The summed E-state index contributed by atoms with van der Waals surface area (Å²) < 4.78 is 35.4. The maximum Gasteiger partial charge on any atom is 0.341 e. The van der Waals surface area contributed by atoms with Gasteiger partial charge in [-0.3, -0.25) is 0 Å². The monoisotopic (exact) mass is 394 g/mol. The molecule has 28 heavy (non-hydrogen) atoms. The third kappa shape index (κ3) is 5.06. The molecule has 2 aliphatic rings. The van der Waals surface area contributed by atoms with Crippen LogP contribution >= 0.6 is 0 Å². The Bertz CT molecular complexity index is 795. The quantitative estimate of drug-likeness (QED) is 0.528. The Morgan fingerprint density at radius 2 is 2.21 bits per heavy atom. The summed E-state index contributed by atoms with van der Waals surface area (Å²) in [7, 11) is 0. The molecular formula is C23H34O5. The van der Waals surface area contributed by atoms with Crippen LogP contribution in [0.2, 0.25) is 0 Å². The van der Waals surface area contributed by atoms with E-state index in [0.717, 1.165) is 24.0 Å². The van der Waals surface area contributed by atoms with Gasteiger partial charge in [-0.2, -0.15) is 0 Å². The maximum atomic E-state index is 10.9. The molecule has 0 spiro atoms. The van der Waals surface area contributed by atoms with Crippen molar-refractivity contribution in [1.82, 2.24) is 0 Å². The molecule has 1 aromatic carbocycles. The number of aliphatic hydroxyl groups is 2. The van der Waals surface area contributed by atoms with Gasteiger partial charge in [0, 0.05) is 4.11 Å². The second kappa shape index (κ2) is 9.75. The van der Waals surface area contributed by atoms with Crippen LogP contribution in [-0.2, 0) is 17.6 Å². The first-order valence-corrected chi connectivity index (χ1v) is 10.3. The molecule has 0 amide bonds. The van der Waals surface area contributed by atoms with Crippen molar-refractivity contribution in [1.29, 1.82) is 0 Å². The zero-order valence-electron chi connectivity index (χ0n) is 20.3. The second-order valence-corrected chi connectivity index (χ2v) is 8.19. The molecule has 2 aliphatic carbocycles. The fourth-order valence-electron chi connectivity index (χ4n) is 4.99. The first-order valence-electron chi connectivity index (χ1n) is 12.3. The van der Waals surface area contributed by atoms with Crippen LogP contribution in [0.4, 0.5) is 0 Å². The summed E-state index contributed by atoms with van der Waals surface area (Å²) in [5.74, 6) is 0.0811. The van der Waals surface area contributed by atoms with Crippen molar-refractivity contribution in [2.45, 2.75) is 76.8 Å². The van der Waals surface area contributed by atoms with E-state index in [4.69, 9.17) is 15.3 Å². The second-order valence-electron chi connectivity index (χ2n) is 8.19. The molecule has 1 aromatic rings. The van der Waals surface area contributed by atoms with Crippen LogP contribution in [-0.4, -0.2) is 40.1 Å². The van der Waals surface area contributed by atoms with E-state index < -0.39 is 25.0 Å². The topological polar surface area (TPSA) is 87.0 Å². The van der Waals surface area contributed by atoms with Crippen LogP contribution in [0.25, 0.3) is 0 Å². The first-order chi connectivity index (χ1) is 15.0. The zero-order chi connectivity index (χ0) is 23.5. The van der Waals surface area contributed by atoms with Gasteiger partial charge in [0.05, 0.1) is 13.6 Å². The summed E-state index contributed by atoms with van der Waals surface area (Å²) in [6.45, 7) is -2.36. The fraction of sp³-hybridized carbons (Fsp3) is 0.696. The van der Waals surface area contributed by atoms with Crippen LogP contribution in [0.5, 0.6) is 5.75 Å². The van der Waals surface area contributed by atoms with E-state index in [9.17, 15) is 15.0 Å². The highest BCUT2D eigenvalue weighted by molar-refractivity contribution is 5.68. The van der Waals surface area contributed by atoms with E-state index in [1.807, 2.05) is 12.1 Å². The van der Waals surface area contributed by atoms with Gasteiger partial charge in [-0.25, -0.2) is 4.79 Å². The van der Waals surface area contributed by atoms with E-state index in [1.54, 1.807) is 6.07 Å². The highest BCUT2D eigenvalue weighted by Gasteiger charge is 2.44. The van der Waals surface area contributed by atoms with Gasteiger partial charge in [0.1, 0.15) is 5.75 Å². The number of unbranched alkanes of at least 4 members (excludes halogenated alkanes) is 1. The molecule has 156 valence electrons. The summed E-state index contributed by atoms with van der Waals surface area (Å²) in [4.78, 5) is 10.9. The van der Waals surface area contributed by atoms with Crippen LogP contribution in [0, 0.1) is 17.8 Å². The van der Waals surface area contributed by atoms with E-state index >= 15 is 0 Å². The minimum absolute atomic E-state index is 0.00371. The number of carboxylic acid groups (broad SMARTS) is 1. The molecule has 5 nitrogen and oxygen atoms in total. The number of aliphatic carboxylic acids is 1. The predicted octanol–water partition coefficient (Wildman–Crippen LogP) is 3.58. The van der Waals surface area contributed by atoms with Crippen molar-refractivity contribution in [3.63, 3.8) is 0 Å². The highest BCUT2D eigenvalue weighted by atomic mass is 16.5. The van der Waals surface area contributed by atoms with Gasteiger partial charge in [-0.15, -0.1) is 0 Å². The van der Waals surface area contributed by atoms with Gasteiger partial charge in [0.25, 0.3) is 0 Å². The third-order valence-corrected chi connectivity index (χ3v) is 6.36. The van der Waals surface area contributed by atoms with Crippen molar-refractivity contribution in [2.75, 3.05) is 6.61 Å². The summed E-state index contributed by atoms with van der Waals surface area (Å²) in [6.07, 6.45) is 2.10. The van der Waals surface area contributed by atoms with Gasteiger partial charge in [0.15, 0.2) is 6.61 Å². The Kier molecular flexibility index (Phi) is 5.65. The van der Waals surface area contributed by atoms with E-state index in [1.165, 1.54) is 0 Å². The number of fused-ring (bicyclic) bond motifs is 2. The van der Waals surface area contributed by atoms with Crippen LogP contribution in [0.15, 0.2) is 18.2 Å². The standard InChI is InChI=1S/C23H34O5/c1-2-3-4-7-17(24)9-10-18-19-11-15-6-5-8-22(28-14-23(26)27)20(15)12-16(19)13-21(18)25/h5-6,8,16-19,21,24-25H,2-4,7,9-14H2,1H3,(H,26,27)/t16-,17-,18+,19-,21+/m0/s1/i1D3,17D. The predicted molar refractivity (Wildman–Crippen MR) is 107 cm³/mol. The molecule has 0 unspecified atom stereocenters. The Balaban J connectivity index is 1.58. The van der Waals surface area contributed by atoms with Crippen molar-refractivity contribution in [3.8, 4) is 5.75 Å². The zero-order valence-corrected chi connectivity index (χ0v) is 16.3. The minimum atomic E-state index is -1.97. The molecule has 0 radical (unpaired) electrons. The van der Waals surface area contributed by atoms with Crippen molar-refractivity contribution in [3.05, 3.63) is 29.3 Å². The largest absolute Gasteiger partial charge is 0.482 e. The fourth-order valence-corrected chi connectivity index (χ4v) is 4.99. The summed E-state index contributed by atoms with van der Waals surface area (Å²) in [5.41, 5.74) is 2.13. The number of benzene rings is 1. The number of carbonyl (C=O) groups is 1. The molecular weight excluding hydrogens is 356 g/mol. The molecule has 3 rings (SSSR count). The van der Waals surface area contributed by atoms with Crippen LogP contribution in [0.3, 0.4) is 0 Å². The molecule has 3 N–H and O–H groups in total. The van der Waals surface area contributed by atoms with Crippen molar-refractivity contribution in [2.24, 2.45) is 17.8 Å². The molecule has 5 atom stereocenters. The lowest BCUT2D eigenvalue weighted by molar-refractivity contribution is -0.139. The summed E-state index contributed by atoms with van der Waals surface area (Å²) in [5, 5.41) is 30.1. The Morgan fingerprint density at radius 1 is 1.36 bits per heavy atom.